The summed E-state index contributed by atoms with van der Waals surface area (Å²) in [4.78, 5) is 34.8. The van der Waals surface area contributed by atoms with Gasteiger partial charge in [-0.3, -0.25) is 14.4 Å². The molecule has 0 bridgehead atoms. The highest BCUT2D eigenvalue weighted by Gasteiger charge is 2.34. The first-order chi connectivity index (χ1) is 14.3. The van der Waals surface area contributed by atoms with Crippen molar-refractivity contribution in [2.75, 3.05) is 18.1 Å². The van der Waals surface area contributed by atoms with Crippen LogP contribution in [0.25, 0.3) is 22.6 Å². The molecule has 12 nitrogen and oxygen atoms in total. The average Bonchev–Trinajstić information content (AvgIpc) is 3.36. The fraction of sp³-hybridized carbons (Fsp3) is 0.188. The summed E-state index contributed by atoms with van der Waals surface area (Å²) >= 11 is 0. The second kappa shape index (κ2) is 7.88. The summed E-state index contributed by atoms with van der Waals surface area (Å²) in [5.74, 6) is -0.286. The molecule has 3 N–H and O–H groups in total. The zero-order valence-corrected chi connectivity index (χ0v) is 15.9. The lowest BCUT2D eigenvalue weighted by molar-refractivity contribution is 0.0880. The Bertz CT molecular complexity index is 1110. The molecule has 1 aliphatic heterocycles. The molecule has 3 heterocycles. The van der Waals surface area contributed by atoms with E-state index in [2.05, 4.69) is 30.1 Å². The summed E-state index contributed by atoms with van der Waals surface area (Å²) in [5.41, 5.74) is 1.47. The number of nitrogens with zero attached hydrogens (tertiary/aromatic N) is 5. The fourth-order valence-electron chi connectivity index (χ4n) is 2.86. The summed E-state index contributed by atoms with van der Waals surface area (Å²) in [6.45, 7) is -0.524. The molecule has 4 rings (SSSR count). The summed E-state index contributed by atoms with van der Waals surface area (Å²) in [7, 11) is -4.69. The molecule has 0 radical (unpaired) electrons. The highest BCUT2D eigenvalue weighted by molar-refractivity contribution is 7.46. The predicted octanol–water partition coefficient (Wildman–Crippen LogP) is 1.50. The molecule has 0 unspecified atom stereocenters. The number of tetrazole rings is 1. The molecule has 1 saturated heterocycles. The second-order valence-electron chi connectivity index (χ2n) is 6.23. The first kappa shape index (κ1) is 20.0. The predicted molar refractivity (Wildman–Crippen MR) is 98.4 cm³/mol. The van der Waals surface area contributed by atoms with Crippen molar-refractivity contribution >= 4 is 19.6 Å². The Morgan fingerprint density at radius 1 is 1.33 bits per heavy atom. The van der Waals surface area contributed by atoms with Crippen molar-refractivity contribution < 1.29 is 32.8 Å². The van der Waals surface area contributed by atoms with Crippen LogP contribution in [-0.4, -0.2) is 60.7 Å². The monoisotopic (exact) mass is 436 g/mol. The van der Waals surface area contributed by atoms with Crippen LogP contribution < -0.4 is 4.90 Å². The first-order valence-electron chi connectivity index (χ1n) is 8.48. The van der Waals surface area contributed by atoms with Gasteiger partial charge in [-0.1, -0.05) is 6.07 Å². The maximum atomic E-state index is 14.7. The molecule has 14 heteroatoms. The van der Waals surface area contributed by atoms with E-state index in [1.807, 2.05) is 0 Å². The van der Waals surface area contributed by atoms with Gasteiger partial charge in [0, 0.05) is 17.3 Å². The molecule has 1 atom stereocenters. The highest BCUT2D eigenvalue weighted by Crippen LogP contribution is 2.37. The first-order valence-corrected chi connectivity index (χ1v) is 10.0. The van der Waals surface area contributed by atoms with Crippen LogP contribution >= 0.6 is 7.82 Å². The number of anilines is 1. The minimum Gasteiger partial charge on any atom is -0.441 e. The van der Waals surface area contributed by atoms with Crippen molar-refractivity contribution in [1.82, 2.24) is 25.6 Å². The molecular formula is C16H14FN6O6P. The van der Waals surface area contributed by atoms with Crippen molar-refractivity contribution in [3.8, 4) is 22.6 Å². The molecule has 0 saturated carbocycles. The Morgan fingerprint density at radius 3 is 2.80 bits per heavy atom. The Hall–Kier alpha value is -3.25. The molecule has 3 aromatic rings. The van der Waals surface area contributed by atoms with Crippen LogP contribution in [0.3, 0.4) is 0 Å². The van der Waals surface area contributed by atoms with E-state index in [9.17, 15) is 13.8 Å². The highest BCUT2D eigenvalue weighted by atomic mass is 31.2. The maximum Gasteiger partial charge on any atom is 0.469 e. The van der Waals surface area contributed by atoms with Gasteiger partial charge in [-0.05, 0) is 29.5 Å². The lowest BCUT2D eigenvalue weighted by Gasteiger charge is -2.14. The number of nitrogens with one attached hydrogen (secondary N) is 1. The van der Waals surface area contributed by atoms with Gasteiger partial charge < -0.3 is 14.5 Å². The molecule has 156 valence electrons. The zero-order chi connectivity index (χ0) is 21.3. The SMILES string of the molecule is O=C1O[C@@H](COP(=O)(O)O)CN1c1ccc(-c2ccc(-c3nn[nH]n3)nc2)c(F)c1. The van der Waals surface area contributed by atoms with Gasteiger partial charge >= 0.3 is 13.9 Å². The van der Waals surface area contributed by atoms with Crippen LogP contribution in [0.1, 0.15) is 0 Å². The number of carbonyl (C=O) groups excluding carboxylic acids is 1. The number of halogens is 1. The number of hydrogen-bond acceptors (Lipinski definition) is 8. The van der Waals surface area contributed by atoms with Gasteiger partial charge in [0.15, 0.2) is 0 Å². The van der Waals surface area contributed by atoms with Crippen molar-refractivity contribution in [3.63, 3.8) is 0 Å². The standard InChI is InChI=1S/C16H14FN6O6P/c17-13-5-10(23-7-11(29-16(23)24)8-28-30(25,26)27)2-3-12(13)9-1-4-14(18-6-9)15-19-21-22-20-15/h1-6,11H,7-8H2,(H2,25,26,27)(H,19,20,21,22)/t11-/m1/s1. The molecule has 30 heavy (non-hydrogen) atoms. The van der Waals surface area contributed by atoms with E-state index in [4.69, 9.17) is 14.5 Å². The quantitative estimate of drug-likeness (QED) is 0.482. The largest absolute Gasteiger partial charge is 0.469 e. The number of phosphoric acid groups is 1. The van der Waals surface area contributed by atoms with Crippen LogP contribution in [0.2, 0.25) is 0 Å². The number of aromatic nitrogens is 5. The normalized spacial score (nSPS) is 16.7. The molecule has 1 aliphatic rings. The Morgan fingerprint density at radius 2 is 2.17 bits per heavy atom. The van der Waals surface area contributed by atoms with Gasteiger partial charge in [-0.15, -0.1) is 10.2 Å². The Balaban J connectivity index is 1.49. The minimum atomic E-state index is -4.69. The number of H-pyrrole nitrogens is 1. The molecule has 1 aromatic carbocycles. The number of hydrogen-bond donors (Lipinski definition) is 3. The number of cyclic esters (lactones) is 1. The summed E-state index contributed by atoms with van der Waals surface area (Å²) in [5, 5.41) is 13.4. The molecule has 0 aliphatic carbocycles. The molecular weight excluding hydrogens is 422 g/mol. The van der Waals surface area contributed by atoms with Crippen molar-refractivity contribution in [2.45, 2.75) is 6.10 Å². The lowest BCUT2D eigenvalue weighted by Crippen LogP contribution is -2.25. The molecule has 0 spiro atoms. The van der Waals surface area contributed by atoms with Crippen molar-refractivity contribution in [1.29, 1.82) is 0 Å². The number of rotatable bonds is 6. The number of ether oxygens (including phenoxy) is 1. The van der Waals surface area contributed by atoms with Gasteiger partial charge in [0.25, 0.3) is 0 Å². The van der Waals surface area contributed by atoms with Crippen LogP contribution in [0.5, 0.6) is 0 Å². The topological polar surface area (TPSA) is 164 Å². The number of pyridine rings is 1. The third kappa shape index (κ3) is 4.33. The number of aromatic amines is 1. The van der Waals surface area contributed by atoms with Gasteiger partial charge in [-0.2, -0.15) is 5.21 Å². The van der Waals surface area contributed by atoms with E-state index in [1.165, 1.54) is 18.3 Å². The molecule has 2 aromatic heterocycles. The summed E-state index contributed by atoms with van der Waals surface area (Å²) in [6.07, 6.45) is -0.203. The van der Waals surface area contributed by atoms with Gasteiger partial charge in [0.1, 0.15) is 17.6 Å². The second-order valence-corrected chi connectivity index (χ2v) is 7.47. The molecule has 1 amide bonds. The maximum absolute atomic E-state index is 14.7. The van der Waals surface area contributed by atoms with E-state index in [0.29, 0.717) is 17.1 Å². The smallest absolute Gasteiger partial charge is 0.441 e. The van der Waals surface area contributed by atoms with Crippen LogP contribution in [0.15, 0.2) is 36.5 Å². The number of benzene rings is 1. The van der Waals surface area contributed by atoms with Crippen LogP contribution in [0, 0.1) is 5.82 Å². The van der Waals surface area contributed by atoms with E-state index >= 15 is 0 Å². The van der Waals surface area contributed by atoms with Crippen LogP contribution in [-0.2, 0) is 13.8 Å². The van der Waals surface area contributed by atoms with E-state index < -0.39 is 32.4 Å². The number of amides is 1. The van der Waals surface area contributed by atoms with Crippen molar-refractivity contribution in [2.24, 2.45) is 0 Å². The number of carbonyl (C=O) groups is 1. The summed E-state index contributed by atoms with van der Waals surface area (Å²) in [6, 6.07) is 7.45. The Labute approximate surface area is 167 Å². The van der Waals surface area contributed by atoms with Gasteiger partial charge in [0.05, 0.1) is 18.8 Å². The van der Waals surface area contributed by atoms with Gasteiger partial charge in [-0.25, -0.2) is 13.8 Å². The summed E-state index contributed by atoms with van der Waals surface area (Å²) < 4.78 is 34.8. The van der Waals surface area contributed by atoms with E-state index in [1.54, 1.807) is 12.1 Å². The average molecular weight is 436 g/mol. The Kier molecular flexibility index (Phi) is 5.26. The fourth-order valence-corrected chi connectivity index (χ4v) is 3.22. The third-order valence-corrected chi connectivity index (χ3v) is 4.70. The van der Waals surface area contributed by atoms with Crippen LogP contribution in [0.4, 0.5) is 14.9 Å². The minimum absolute atomic E-state index is 0.0431. The molecule has 1 fully saturated rings. The lowest BCUT2D eigenvalue weighted by atomic mass is 10.1. The van der Waals surface area contributed by atoms with E-state index in [-0.39, 0.29) is 17.8 Å². The van der Waals surface area contributed by atoms with E-state index in [0.717, 1.165) is 11.0 Å². The zero-order valence-electron chi connectivity index (χ0n) is 15.0. The third-order valence-electron chi connectivity index (χ3n) is 4.22. The van der Waals surface area contributed by atoms with Crippen molar-refractivity contribution in [3.05, 3.63) is 42.3 Å². The van der Waals surface area contributed by atoms with Gasteiger partial charge in [0.2, 0.25) is 5.82 Å². The number of phosphoric ester groups is 1.